The molecular formula is C21H27ClN4O3. The smallest absolute Gasteiger partial charge is 0.345 e. The Kier molecular flexibility index (Phi) is 7.28. The zero-order chi connectivity index (χ0) is 20.8. The number of piperidine rings is 1. The number of hydrogen-bond acceptors (Lipinski definition) is 4. The first kappa shape index (κ1) is 21.3. The van der Waals surface area contributed by atoms with Gasteiger partial charge in [0.15, 0.2) is 0 Å². The molecule has 3 rings (SSSR count). The number of carbonyl (C=O) groups is 1. The minimum atomic E-state index is -0.0965. The first-order valence-corrected chi connectivity index (χ1v) is 10.3. The number of likely N-dealkylation sites (tertiary alicyclic amines) is 1. The van der Waals surface area contributed by atoms with Gasteiger partial charge in [-0.2, -0.15) is 5.10 Å². The van der Waals surface area contributed by atoms with E-state index in [1.54, 1.807) is 29.9 Å². The van der Waals surface area contributed by atoms with Gasteiger partial charge in [-0.05, 0) is 37.5 Å². The standard InChI is InChI=1S/C21H27ClN4O3/c1-3-25-20(23-26(21(25)28)14-15-29-2)17-10-12-24(13-11-17)19(27)9-8-16-6-4-5-7-18(16)22/h4-9,17H,3,10-15H2,1-2H3/b9-8+. The number of benzene rings is 1. The minimum absolute atomic E-state index is 0.0260. The molecule has 0 N–H and O–H groups in total. The number of nitrogens with zero attached hydrogens (tertiary/aromatic N) is 4. The van der Waals surface area contributed by atoms with E-state index in [2.05, 4.69) is 5.10 Å². The molecule has 1 saturated heterocycles. The molecule has 1 fully saturated rings. The van der Waals surface area contributed by atoms with Crippen LogP contribution in [0.1, 0.15) is 37.1 Å². The highest BCUT2D eigenvalue weighted by Gasteiger charge is 2.27. The molecule has 0 spiro atoms. The molecule has 0 unspecified atom stereocenters. The molecule has 1 amide bonds. The van der Waals surface area contributed by atoms with Gasteiger partial charge in [-0.1, -0.05) is 29.8 Å². The summed E-state index contributed by atoms with van der Waals surface area (Å²) < 4.78 is 8.27. The van der Waals surface area contributed by atoms with E-state index in [1.807, 2.05) is 30.0 Å². The zero-order valence-electron chi connectivity index (χ0n) is 16.9. The number of rotatable bonds is 7. The van der Waals surface area contributed by atoms with Crippen molar-refractivity contribution >= 4 is 23.6 Å². The summed E-state index contributed by atoms with van der Waals surface area (Å²) in [5.74, 6) is 0.956. The molecule has 2 aromatic rings. The highest BCUT2D eigenvalue weighted by molar-refractivity contribution is 6.32. The summed E-state index contributed by atoms with van der Waals surface area (Å²) in [5.41, 5.74) is 0.728. The molecule has 0 atom stereocenters. The summed E-state index contributed by atoms with van der Waals surface area (Å²) in [6, 6.07) is 7.43. The van der Waals surface area contributed by atoms with E-state index in [-0.39, 0.29) is 17.5 Å². The zero-order valence-corrected chi connectivity index (χ0v) is 17.6. The second kappa shape index (κ2) is 9.89. The SMILES string of the molecule is CCn1c(C2CCN(C(=O)/C=C/c3ccccc3Cl)CC2)nn(CCOC)c1=O. The topological polar surface area (TPSA) is 69.4 Å². The van der Waals surface area contributed by atoms with Crippen molar-refractivity contribution in [3.05, 3.63) is 57.2 Å². The van der Waals surface area contributed by atoms with Crippen molar-refractivity contribution in [3.8, 4) is 0 Å². The van der Waals surface area contributed by atoms with Gasteiger partial charge < -0.3 is 9.64 Å². The Labute approximate surface area is 175 Å². The summed E-state index contributed by atoms with van der Waals surface area (Å²) in [4.78, 5) is 26.9. The summed E-state index contributed by atoms with van der Waals surface area (Å²) in [6.07, 6.45) is 4.89. The molecule has 7 nitrogen and oxygen atoms in total. The Morgan fingerprint density at radius 3 is 2.69 bits per heavy atom. The van der Waals surface area contributed by atoms with Crippen molar-refractivity contribution in [1.29, 1.82) is 0 Å². The lowest BCUT2D eigenvalue weighted by atomic mass is 9.95. The third-order valence-corrected chi connectivity index (χ3v) is 5.60. The van der Waals surface area contributed by atoms with Crippen molar-refractivity contribution in [2.24, 2.45) is 0 Å². The molecule has 0 saturated carbocycles. The maximum Gasteiger partial charge on any atom is 0.345 e. The highest BCUT2D eigenvalue weighted by atomic mass is 35.5. The molecule has 1 aliphatic rings. The highest BCUT2D eigenvalue weighted by Crippen LogP contribution is 2.26. The van der Waals surface area contributed by atoms with E-state index in [1.165, 1.54) is 4.68 Å². The lowest BCUT2D eigenvalue weighted by Crippen LogP contribution is -2.37. The third-order valence-electron chi connectivity index (χ3n) is 5.26. The molecule has 0 aliphatic carbocycles. The van der Waals surface area contributed by atoms with Gasteiger partial charge in [0, 0.05) is 43.8 Å². The monoisotopic (exact) mass is 418 g/mol. The molecule has 0 bridgehead atoms. The maximum atomic E-state index is 12.5. The minimum Gasteiger partial charge on any atom is -0.383 e. The van der Waals surface area contributed by atoms with Crippen LogP contribution in [0.2, 0.25) is 5.02 Å². The normalized spacial score (nSPS) is 15.3. The Bertz CT molecular complexity index is 926. The molecule has 1 aromatic carbocycles. The lowest BCUT2D eigenvalue weighted by molar-refractivity contribution is -0.127. The molecule has 1 aromatic heterocycles. The molecule has 29 heavy (non-hydrogen) atoms. The van der Waals surface area contributed by atoms with Gasteiger partial charge in [-0.3, -0.25) is 9.36 Å². The van der Waals surface area contributed by atoms with Gasteiger partial charge in [0.2, 0.25) is 5.91 Å². The fourth-order valence-electron chi connectivity index (χ4n) is 3.62. The molecular weight excluding hydrogens is 392 g/mol. The van der Waals surface area contributed by atoms with Crippen LogP contribution < -0.4 is 5.69 Å². The fraction of sp³-hybridized carbons (Fsp3) is 0.476. The largest absolute Gasteiger partial charge is 0.383 e. The predicted molar refractivity (Wildman–Crippen MR) is 113 cm³/mol. The van der Waals surface area contributed by atoms with Crippen LogP contribution in [-0.2, 0) is 22.6 Å². The predicted octanol–water partition coefficient (Wildman–Crippen LogP) is 2.78. The van der Waals surface area contributed by atoms with Crippen LogP contribution in [-0.4, -0.2) is 52.0 Å². The van der Waals surface area contributed by atoms with Crippen LogP contribution in [0.25, 0.3) is 6.08 Å². The lowest BCUT2D eigenvalue weighted by Gasteiger charge is -2.30. The summed E-state index contributed by atoms with van der Waals surface area (Å²) in [5, 5.41) is 5.17. The fourth-order valence-corrected chi connectivity index (χ4v) is 3.81. The van der Waals surface area contributed by atoms with Gasteiger partial charge in [0.05, 0.1) is 13.2 Å². The van der Waals surface area contributed by atoms with Crippen molar-refractivity contribution < 1.29 is 9.53 Å². The molecule has 0 radical (unpaired) electrons. The van der Waals surface area contributed by atoms with Crippen LogP contribution >= 0.6 is 11.6 Å². The van der Waals surface area contributed by atoms with E-state index < -0.39 is 0 Å². The Morgan fingerprint density at radius 2 is 2.03 bits per heavy atom. The summed E-state index contributed by atoms with van der Waals surface area (Å²) >= 11 is 6.13. The molecule has 2 heterocycles. The van der Waals surface area contributed by atoms with E-state index in [0.717, 1.165) is 24.2 Å². The summed E-state index contributed by atoms with van der Waals surface area (Å²) in [7, 11) is 1.61. The molecule has 8 heteroatoms. The average Bonchev–Trinajstić information content (AvgIpc) is 3.06. The van der Waals surface area contributed by atoms with E-state index in [0.29, 0.717) is 37.8 Å². The van der Waals surface area contributed by atoms with Gasteiger partial charge in [-0.25, -0.2) is 9.48 Å². The van der Waals surface area contributed by atoms with E-state index in [4.69, 9.17) is 16.3 Å². The number of aromatic nitrogens is 3. The van der Waals surface area contributed by atoms with Crippen LogP contribution in [0.3, 0.4) is 0 Å². The maximum absolute atomic E-state index is 12.5. The van der Waals surface area contributed by atoms with Crippen LogP contribution in [0.5, 0.6) is 0 Å². The Morgan fingerprint density at radius 1 is 1.31 bits per heavy atom. The Balaban J connectivity index is 1.64. The van der Waals surface area contributed by atoms with Crippen LogP contribution in [0.15, 0.2) is 35.1 Å². The van der Waals surface area contributed by atoms with Crippen LogP contribution in [0.4, 0.5) is 0 Å². The second-order valence-electron chi connectivity index (χ2n) is 7.06. The van der Waals surface area contributed by atoms with Crippen LogP contribution in [0, 0.1) is 0 Å². The number of carbonyl (C=O) groups excluding carboxylic acids is 1. The quantitative estimate of drug-likeness (QED) is 0.648. The van der Waals surface area contributed by atoms with Gasteiger partial charge in [0.1, 0.15) is 5.82 Å². The number of hydrogen-bond donors (Lipinski definition) is 0. The first-order chi connectivity index (χ1) is 14.0. The third kappa shape index (κ3) is 4.97. The van der Waals surface area contributed by atoms with Gasteiger partial charge >= 0.3 is 5.69 Å². The first-order valence-electron chi connectivity index (χ1n) is 9.93. The number of amides is 1. The second-order valence-corrected chi connectivity index (χ2v) is 7.46. The summed E-state index contributed by atoms with van der Waals surface area (Å²) in [6.45, 7) is 4.70. The van der Waals surface area contributed by atoms with Crippen molar-refractivity contribution in [1.82, 2.24) is 19.2 Å². The van der Waals surface area contributed by atoms with Crippen molar-refractivity contribution in [3.63, 3.8) is 0 Å². The molecule has 156 valence electrons. The van der Waals surface area contributed by atoms with Crippen molar-refractivity contribution in [2.45, 2.75) is 38.8 Å². The van der Waals surface area contributed by atoms with E-state index in [9.17, 15) is 9.59 Å². The van der Waals surface area contributed by atoms with Gasteiger partial charge in [0.25, 0.3) is 0 Å². The Hall–Kier alpha value is -2.38. The molecule has 1 aliphatic heterocycles. The van der Waals surface area contributed by atoms with Gasteiger partial charge in [-0.15, -0.1) is 0 Å². The number of ether oxygens (including phenoxy) is 1. The average molecular weight is 419 g/mol. The van der Waals surface area contributed by atoms with E-state index >= 15 is 0 Å². The van der Waals surface area contributed by atoms with Crippen molar-refractivity contribution in [2.75, 3.05) is 26.8 Å². The number of methoxy groups -OCH3 is 1. The number of halogens is 1.